The zero-order valence-corrected chi connectivity index (χ0v) is 14.7. The molecule has 1 amide bonds. The molecule has 3 nitrogen and oxygen atoms in total. The van der Waals surface area contributed by atoms with Crippen molar-refractivity contribution in [1.29, 1.82) is 0 Å². The smallest absolute Gasteiger partial charge is 0.253 e. The second kappa shape index (κ2) is 8.50. The number of benzene rings is 3. The number of carbonyl (C=O) groups is 1. The molecule has 0 aromatic heterocycles. The first kappa shape index (κ1) is 18.0. The van der Waals surface area contributed by atoms with E-state index in [1.54, 1.807) is 0 Å². The highest BCUT2D eigenvalue weighted by Crippen LogP contribution is 2.18. The third-order valence-corrected chi connectivity index (χ3v) is 4.09. The summed E-state index contributed by atoms with van der Waals surface area (Å²) in [5.41, 5.74) is 2.21. The summed E-state index contributed by atoms with van der Waals surface area (Å²) in [7, 11) is 0. The van der Waals surface area contributed by atoms with E-state index in [1.165, 1.54) is 12.1 Å². The molecule has 0 bridgehead atoms. The van der Waals surface area contributed by atoms with E-state index in [0.717, 1.165) is 22.9 Å². The molecule has 0 unspecified atom stereocenters. The summed E-state index contributed by atoms with van der Waals surface area (Å²) >= 11 is 5.91. The van der Waals surface area contributed by atoms with Crippen LogP contribution in [0.15, 0.2) is 72.8 Å². The molecular weight excluding hydrogens is 353 g/mol. The summed E-state index contributed by atoms with van der Waals surface area (Å²) in [5, 5.41) is 2.86. The van der Waals surface area contributed by atoms with Crippen LogP contribution in [-0.4, -0.2) is 5.91 Å². The monoisotopic (exact) mass is 369 g/mol. The Morgan fingerprint density at radius 3 is 2.50 bits per heavy atom. The second-order valence-electron chi connectivity index (χ2n) is 5.73. The molecular formula is C21H17ClFNO2. The van der Waals surface area contributed by atoms with Gasteiger partial charge in [-0.3, -0.25) is 4.79 Å². The number of hydrogen-bond donors (Lipinski definition) is 1. The average molecular weight is 370 g/mol. The highest BCUT2D eigenvalue weighted by Gasteiger charge is 2.11. The minimum atomic E-state index is -0.477. The van der Waals surface area contributed by atoms with Gasteiger partial charge in [0.25, 0.3) is 5.91 Å². The highest BCUT2D eigenvalue weighted by molar-refractivity contribution is 6.33. The number of hydrogen-bond acceptors (Lipinski definition) is 2. The highest BCUT2D eigenvalue weighted by atomic mass is 35.5. The molecule has 0 aliphatic carbocycles. The predicted octanol–water partition coefficient (Wildman–Crippen LogP) is 4.99. The first-order valence-electron chi connectivity index (χ1n) is 8.11. The van der Waals surface area contributed by atoms with Crippen LogP contribution in [0.4, 0.5) is 4.39 Å². The number of halogens is 2. The Hall–Kier alpha value is -2.85. The zero-order chi connectivity index (χ0) is 18.4. The van der Waals surface area contributed by atoms with Crippen molar-refractivity contribution in [2.24, 2.45) is 0 Å². The molecule has 0 atom stereocenters. The average Bonchev–Trinajstić information content (AvgIpc) is 2.66. The Kier molecular flexibility index (Phi) is 5.87. The summed E-state index contributed by atoms with van der Waals surface area (Å²) in [6.45, 7) is 0.789. The SMILES string of the molecule is O=C(NCc1cccc(OCc2ccccc2)c1)c1ccc(F)cc1Cl. The number of rotatable bonds is 6. The lowest BCUT2D eigenvalue weighted by atomic mass is 10.2. The Balaban J connectivity index is 1.59. The molecule has 0 spiro atoms. The molecule has 0 heterocycles. The fourth-order valence-electron chi connectivity index (χ4n) is 2.44. The van der Waals surface area contributed by atoms with Crippen molar-refractivity contribution in [3.8, 4) is 5.75 Å². The molecule has 0 aliphatic heterocycles. The number of nitrogens with one attached hydrogen (secondary N) is 1. The molecule has 0 fully saturated rings. The van der Waals surface area contributed by atoms with E-state index in [2.05, 4.69) is 5.32 Å². The van der Waals surface area contributed by atoms with Crippen LogP contribution < -0.4 is 10.1 Å². The Bertz CT molecular complexity index is 900. The van der Waals surface area contributed by atoms with Gasteiger partial charge < -0.3 is 10.1 Å². The van der Waals surface area contributed by atoms with Gasteiger partial charge in [-0.25, -0.2) is 4.39 Å². The van der Waals surface area contributed by atoms with Gasteiger partial charge in [-0.2, -0.15) is 0 Å². The Labute approximate surface area is 156 Å². The topological polar surface area (TPSA) is 38.3 Å². The Morgan fingerprint density at radius 1 is 0.962 bits per heavy atom. The van der Waals surface area contributed by atoms with Gasteiger partial charge in [0.1, 0.15) is 18.2 Å². The van der Waals surface area contributed by atoms with Gasteiger partial charge in [0.2, 0.25) is 0 Å². The maximum Gasteiger partial charge on any atom is 0.253 e. The molecule has 0 saturated carbocycles. The van der Waals surface area contributed by atoms with Gasteiger partial charge in [0, 0.05) is 6.54 Å². The van der Waals surface area contributed by atoms with E-state index in [9.17, 15) is 9.18 Å². The van der Waals surface area contributed by atoms with Gasteiger partial charge in [-0.05, 0) is 41.5 Å². The van der Waals surface area contributed by atoms with Crippen molar-refractivity contribution in [2.75, 3.05) is 0 Å². The molecule has 1 N–H and O–H groups in total. The molecule has 3 aromatic rings. The summed E-state index contributed by atoms with van der Waals surface area (Å²) < 4.78 is 18.9. The third kappa shape index (κ3) is 4.83. The Morgan fingerprint density at radius 2 is 1.73 bits per heavy atom. The molecule has 5 heteroatoms. The van der Waals surface area contributed by atoms with Crippen LogP contribution in [-0.2, 0) is 13.2 Å². The van der Waals surface area contributed by atoms with Crippen LogP contribution >= 0.6 is 11.6 Å². The van der Waals surface area contributed by atoms with Gasteiger partial charge in [0.05, 0.1) is 10.6 Å². The molecule has 132 valence electrons. The third-order valence-electron chi connectivity index (χ3n) is 3.78. The maximum atomic E-state index is 13.1. The van der Waals surface area contributed by atoms with Crippen molar-refractivity contribution in [3.63, 3.8) is 0 Å². The van der Waals surface area contributed by atoms with Gasteiger partial charge in [-0.1, -0.05) is 54.1 Å². The van der Waals surface area contributed by atoms with E-state index in [0.29, 0.717) is 13.2 Å². The molecule has 3 rings (SSSR count). The summed E-state index contributed by atoms with van der Waals surface area (Å²) in [5.74, 6) is -0.110. The van der Waals surface area contributed by atoms with E-state index in [-0.39, 0.29) is 16.5 Å². The standard InChI is InChI=1S/C21H17ClFNO2/c22-20-12-17(23)9-10-19(20)21(25)24-13-16-7-4-8-18(11-16)26-14-15-5-2-1-3-6-15/h1-12H,13-14H2,(H,24,25). The summed E-state index contributed by atoms with van der Waals surface area (Å²) in [4.78, 5) is 12.2. The minimum Gasteiger partial charge on any atom is -0.489 e. The predicted molar refractivity (Wildman–Crippen MR) is 99.8 cm³/mol. The van der Waals surface area contributed by atoms with Crippen LogP contribution in [0.3, 0.4) is 0 Å². The lowest BCUT2D eigenvalue weighted by Gasteiger charge is -2.10. The molecule has 0 radical (unpaired) electrons. The first-order chi connectivity index (χ1) is 12.6. The largest absolute Gasteiger partial charge is 0.489 e. The van der Waals surface area contributed by atoms with Crippen LogP contribution in [0.2, 0.25) is 5.02 Å². The normalized spacial score (nSPS) is 10.4. The molecule has 3 aromatic carbocycles. The van der Waals surface area contributed by atoms with Crippen LogP contribution in [0.5, 0.6) is 5.75 Å². The van der Waals surface area contributed by atoms with Crippen molar-refractivity contribution in [3.05, 3.63) is 100 Å². The van der Waals surface area contributed by atoms with E-state index < -0.39 is 5.82 Å². The molecule has 26 heavy (non-hydrogen) atoms. The van der Waals surface area contributed by atoms with Crippen molar-refractivity contribution in [2.45, 2.75) is 13.2 Å². The van der Waals surface area contributed by atoms with Crippen LogP contribution in [0.25, 0.3) is 0 Å². The van der Waals surface area contributed by atoms with Crippen molar-refractivity contribution < 1.29 is 13.9 Å². The van der Waals surface area contributed by atoms with Crippen molar-refractivity contribution >= 4 is 17.5 Å². The summed E-state index contributed by atoms with van der Waals surface area (Å²) in [6, 6.07) is 21.1. The lowest BCUT2D eigenvalue weighted by molar-refractivity contribution is 0.0951. The number of carbonyl (C=O) groups excluding carboxylic acids is 1. The lowest BCUT2D eigenvalue weighted by Crippen LogP contribution is -2.23. The fraction of sp³-hybridized carbons (Fsp3) is 0.0952. The zero-order valence-electron chi connectivity index (χ0n) is 13.9. The quantitative estimate of drug-likeness (QED) is 0.664. The van der Waals surface area contributed by atoms with Gasteiger partial charge in [0.15, 0.2) is 0 Å². The molecule has 0 saturated heterocycles. The van der Waals surface area contributed by atoms with Crippen LogP contribution in [0.1, 0.15) is 21.5 Å². The van der Waals surface area contributed by atoms with E-state index >= 15 is 0 Å². The maximum absolute atomic E-state index is 13.1. The minimum absolute atomic E-state index is 0.0856. The van der Waals surface area contributed by atoms with E-state index in [1.807, 2.05) is 54.6 Å². The van der Waals surface area contributed by atoms with Crippen LogP contribution in [0, 0.1) is 5.82 Å². The second-order valence-corrected chi connectivity index (χ2v) is 6.14. The van der Waals surface area contributed by atoms with Gasteiger partial charge in [-0.15, -0.1) is 0 Å². The van der Waals surface area contributed by atoms with Crippen molar-refractivity contribution in [1.82, 2.24) is 5.32 Å². The number of amides is 1. The van der Waals surface area contributed by atoms with Gasteiger partial charge >= 0.3 is 0 Å². The van der Waals surface area contributed by atoms with E-state index in [4.69, 9.17) is 16.3 Å². The fourth-order valence-corrected chi connectivity index (χ4v) is 2.69. The first-order valence-corrected chi connectivity index (χ1v) is 8.48. The summed E-state index contributed by atoms with van der Waals surface area (Å²) in [6.07, 6.45) is 0. The molecule has 0 aliphatic rings. The number of ether oxygens (including phenoxy) is 1.